The van der Waals surface area contributed by atoms with E-state index >= 15 is 0 Å². The van der Waals surface area contributed by atoms with E-state index in [0.717, 1.165) is 25.2 Å². The van der Waals surface area contributed by atoms with Crippen molar-refractivity contribution in [3.8, 4) is 0 Å². The molecule has 0 radical (unpaired) electrons. The van der Waals surface area contributed by atoms with E-state index in [9.17, 15) is 0 Å². The first kappa shape index (κ1) is 17.1. The summed E-state index contributed by atoms with van der Waals surface area (Å²) >= 11 is 5.34. The third-order valence-electron chi connectivity index (χ3n) is 3.52. The van der Waals surface area contributed by atoms with E-state index in [1.165, 1.54) is 5.56 Å². The Labute approximate surface area is 129 Å². The van der Waals surface area contributed by atoms with Crippen LogP contribution in [0.15, 0.2) is 24.3 Å². The van der Waals surface area contributed by atoms with Crippen LogP contribution < -0.4 is 0 Å². The fraction of sp³-hybridized carbons (Fsp3) is 0.588. The normalized spacial score (nSPS) is 11.7. The van der Waals surface area contributed by atoms with Gasteiger partial charge in [-0.1, -0.05) is 58.9 Å². The Morgan fingerprint density at radius 2 is 1.65 bits per heavy atom. The summed E-state index contributed by atoms with van der Waals surface area (Å²) in [5.74, 6) is 0. The van der Waals surface area contributed by atoms with Crippen molar-refractivity contribution in [2.24, 2.45) is 0 Å². The Kier molecular flexibility index (Phi) is 6.63. The predicted octanol–water partition coefficient (Wildman–Crippen LogP) is 4.02. The second kappa shape index (κ2) is 7.75. The Balaban J connectivity index is 2.52. The van der Waals surface area contributed by atoms with Crippen LogP contribution in [0.3, 0.4) is 0 Å². The van der Waals surface area contributed by atoms with Crippen LogP contribution in [0, 0.1) is 0 Å². The summed E-state index contributed by atoms with van der Waals surface area (Å²) in [6, 6.07) is 8.38. The fourth-order valence-electron chi connectivity index (χ4n) is 2.00. The molecule has 0 spiro atoms. The van der Waals surface area contributed by atoms with Crippen LogP contribution in [-0.4, -0.2) is 36.2 Å². The number of benzene rings is 1. The maximum atomic E-state index is 5.68. The van der Waals surface area contributed by atoms with Crippen molar-refractivity contribution in [3.05, 3.63) is 35.4 Å². The van der Waals surface area contributed by atoms with Crippen LogP contribution in [0.5, 0.6) is 0 Å². The summed E-state index contributed by atoms with van der Waals surface area (Å²) in [4.78, 5) is 2.32. The zero-order chi connectivity index (χ0) is 15.2. The molecule has 0 heterocycles. The van der Waals surface area contributed by atoms with E-state index in [0.29, 0.717) is 11.7 Å². The van der Waals surface area contributed by atoms with Gasteiger partial charge in [-0.15, -0.1) is 0 Å². The number of thiocarbonyl (C=S) groups is 1. The minimum Gasteiger partial charge on any atom is -0.482 e. The van der Waals surface area contributed by atoms with Gasteiger partial charge in [0.05, 0.1) is 0 Å². The minimum absolute atomic E-state index is 0.170. The molecule has 0 unspecified atom stereocenters. The monoisotopic (exact) mass is 293 g/mol. The average Bonchev–Trinajstić information content (AvgIpc) is 2.42. The third-order valence-corrected chi connectivity index (χ3v) is 3.88. The van der Waals surface area contributed by atoms with Gasteiger partial charge in [0.25, 0.3) is 0 Å². The molecule has 2 nitrogen and oxygen atoms in total. The van der Waals surface area contributed by atoms with Crippen LogP contribution in [0.1, 0.15) is 45.7 Å². The fourth-order valence-corrected chi connectivity index (χ4v) is 2.22. The zero-order valence-corrected chi connectivity index (χ0v) is 14.2. The minimum atomic E-state index is 0.170. The molecule has 1 rings (SSSR count). The predicted molar refractivity (Wildman–Crippen MR) is 90.6 cm³/mol. The maximum Gasteiger partial charge on any atom is 0.191 e. The first-order valence-electron chi connectivity index (χ1n) is 7.38. The van der Waals surface area contributed by atoms with Crippen LogP contribution in [0.25, 0.3) is 0 Å². The van der Waals surface area contributed by atoms with Crippen LogP contribution >= 0.6 is 12.2 Å². The lowest BCUT2D eigenvalue weighted by atomic mass is 9.87. The zero-order valence-electron chi connectivity index (χ0n) is 13.4. The largest absolute Gasteiger partial charge is 0.482 e. The Morgan fingerprint density at radius 3 is 2.10 bits per heavy atom. The van der Waals surface area contributed by atoms with Gasteiger partial charge in [0.15, 0.2) is 5.05 Å². The molecule has 0 aromatic heterocycles. The van der Waals surface area contributed by atoms with Crippen molar-refractivity contribution < 1.29 is 4.74 Å². The molecular formula is C17H27NOS. The Hall–Kier alpha value is -0.930. The molecule has 20 heavy (non-hydrogen) atoms. The number of nitrogens with zero attached hydrogens (tertiary/aromatic N) is 1. The van der Waals surface area contributed by atoms with Gasteiger partial charge in [-0.2, -0.15) is 0 Å². The van der Waals surface area contributed by atoms with Crippen LogP contribution in [0.2, 0.25) is 0 Å². The first-order valence-corrected chi connectivity index (χ1v) is 7.79. The molecular weight excluding hydrogens is 266 g/mol. The van der Waals surface area contributed by atoms with E-state index < -0.39 is 0 Å². The number of ether oxygens (including phenoxy) is 1. The standard InChI is InChI=1S/C17H27NOS/c1-6-18(7-2)12-13-19-16(20)14-8-10-15(11-9-14)17(3,4)5/h8-11H,6-7,12-13H2,1-5H3. The lowest BCUT2D eigenvalue weighted by molar-refractivity contribution is 0.219. The molecule has 1 aromatic rings. The summed E-state index contributed by atoms with van der Waals surface area (Å²) in [7, 11) is 0. The van der Waals surface area contributed by atoms with E-state index in [1.54, 1.807) is 0 Å². The van der Waals surface area contributed by atoms with Gasteiger partial charge in [-0.25, -0.2) is 0 Å². The van der Waals surface area contributed by atoms with Crippen molar-refractivity contribution >= 4 is 17.3 Å². The quantitative estimate of drug-likeness (QED) is 0.735. The lowest BCUT2D eigenvalue weighted by Gasteiger charge is -2.20. The van der Waals surface area contributed by atoms with Gasteiger partial charge < -0.3 is 9.64 Å². The molecule has 0 saturated carbocycles. The summed E-state index contributed by atoms with van der Waals surface area (Å²) < 4.78 is 5.68. The van der Waals surface area contributed by atoms with Crippen molar-refractivity contribution in [2.45, 2.75) is 40.0 Å². The maximum absolute atomic E-state index is 5.68. The first-order chi connectivity index (χ1) is 9.38. The van der Waals surface area contributed by atoms with Crippen LogP contribution in [0.4, 0.5) is 0 Å². The molecule has 3 heteroatoms. The topological polar surface area (TPSA) is 12.5 Å². The van der Waals surface area contributed by atoms with Crippen LogP contribution in [-0.2, 0) is 10.2 Å². The molecule has 0 aliphatic heterocycles. The van der Waals surface area contributed by atoms with Crippen molar-refractivity contribution in [2.75, 3.05) is 26.2 Å². The second-order valence-corrected chi connectivity index (χ2v) is 6.36. The molecule has 112 valence electrons. The smallest absolute Gasteiger partial charge is 0.191 e. The van der Waals surface area contributed by atoms with E-state index in [1.807, 2.05) is 0 Å². The summed E-state index contributed by atoms with van der Waals surface area (Å²) in [6.45, 7) is 14.6. The molecule has 0 N–H and O–H groups in total. The second-order valence-electron chi connectivity index (χ2n) is 5.99. The SMILES string of the molecule is CCN(CC)CCOC(=S)c1ccc(C(C)(C)C)cc1. The van der Waals surface area contributed by atoms with Gasteiger partial charge in [-0.3, -0.25) is 0 Å². The average molecular weight is 293 g/mol. The number of likely N-dealkylation sites (N-methyl/N-ethyl adjacent to an activating group) is 1. The Bertz CT molecular complexity index is 416. The van der Waals surface area contributed by atoms with Gasteiger partial charge in [0.1, 0.15) is 6.61 Å². The number of rotatable bonds is 6. The van der Waals surface area contributed by atoms with Crippen molar-refractivity contribution in [3.63, 3.8) is 0 Å². The van der Waals surface area contributed by atoms with Gasteiger partial charge in [0, 0.05) is 12.1 Å². The van der Waals surface area contributed by atoms with Gasteiger partial charge in [-0.05, 0) is 36.3 Å². The highest BCUT2D eigenvalue weighted by Gasteiger charge is 2.13. The molecule has 0 bridgehead atoms. The van der Waals surface area contributed by atoms with Crippen molar-refractivity contribution in [1.82, 2.24) is 4.90 Å². The highest BCUT2D eigenvalue weighted by molar-refractivity contribution is 7.80. The summed E-state index contributed by atoms with van der Waals surface area (Å²) in [6.07, 6.45) is 0. The lowest BCUT2D eigenvalue weighted by Crippen LogP contribution is -2.27. The molecule has 0 fully saturated rings. The Morgan fingerprint density at radius 1 is 1.10 bits per heavy atom. The van der Waals surface area contributed by atoms with Crippen molar-refractivity contribution in [1.29, 1.82) is 0 Å². The number of hydrogen-bond donors (Lipinski definition) is 0. The third kappa shape index (κ3) is 5.22. The van der Waals surface area contributed by atoms with E-state index in [2.05, 4.69) is 63.8 Å². The molecule has 0 saturated heterocycles. The molecule has 0 aliphatic carbocycles. The summed E-state index contributed by atoms with van der Waals surface area (Å²) in [5, 5.41) is 0.595. The molecule has 0 amide bonds. The molecule has 0 aliphatic rings. The van der Waals surface area contributed by atoms with E-state index in [-0.39, 0.29) is 5.41 Å². The van der Waals surface area contributed by atoms with Gasteiger partial charge >= 0.3 is 0 Å². The molecule has 0 atom stereocenters. The molecule has 1 aromatic carbocycles. The van der Waals surface area contributed by atoms with E-state index in [4.69, 9.17) is 17.0 Å². The highest BCUT2D eigenvalue weighted by Crippen LogP contribution is 2.22. The number of hydrogen-bond acceptors (Lipinski definition) is 3. The highest BCUT2D eigenvalue weighted by atomic mass is 32.1. The van der Waals surface area contributed by atoms with Gasteiger partial charge in [0.2, 0.25) is 0 Å². The summed E-state index contributed by atoms with van der Waals surface area (Å²) in [5.41, 5.74) is 2.48.